The van der Waals surface area contributed by atoms with Gasteiger partial charge in [0.1, 0.15) is 0 Å². The van der Waals surface area contributed by atoms with E-state index in [1.54, 1.807) is 48.5 Å². The second kappa shape index (κ2) is 5.03. The predicted octanol–water partition coefficient (Wildman–Crippen LogP) is 2.14. The Bertz CT molecular complexity index is 901. The molecular formula is C15H10ClN3O2. The van der Waals surface area contributed by atoms with Crippen LogP contribution in [0.2, 0.25) is 5.02 Å². The molecule has 0 saturated heterocycles. The number of primary amides is 1. The molecule has 0 unspecified atom stereocenters. The maximum atomic E-state index is 12.5. The highest BCUT2D eigenvalue weighted by atomic mass is 35.5. The van der Waals surface area contributed by atoms with Crippen LogP contribution in [0.4, 0.5) is 0 Å². The van der Waals surface area contributed by atoms with Gasteiger partial charge in [-0.25, -0.2) is 4.98 Å². The van der Waals surface area contributed by atoms with Crippen LogP contribution in [-0.2, 0) is 0 Å². The molecule has 0 bridgehead atoms. The average Bonchev–Trinajstić information content (AvgIpc) is 2.48. The molecule has 3 aromatic rings. The molecule has 0 aliphatic carbocycles. The first-order valence-corrected chi connectivity index (χ1v) is 6.53. The van der Waals surface area contributed by atoms with E-state index >= 15 is 0 Å². The molecule has 5 nitrogen and oxygen atoms in total. The smallest absolute Gasteiger partial charge is 0.287 e. The van der Waals surface area contributed by atoms with Crippen molar-refractivity contribution in [2.75, 3.05) is 0 Å². The number of rotatable bonds is 2. The Kier molecular flexibility index (Phi) is 3.19. The Morgan fingerprint density at radius 2 is 1.76 bits per heavy atom. The molecule has 0 spiro atoms. The van der Waals surface area contributed by atoms with E-state index in [9.17, 15) is 9.59 Å². The summed E-state index contributed by atoms with van der Waals surface area (Å²) in [5.74, 6) is -0.853. The van der Waals surface area contributed by atoms with Gasteiger partial charge in [0.05, 0.1) is 11.0 Å². The number of aromatic nitrogens is 2. The zero-order valence-electron chi connectivity index (χ0n) is 10.8. The van der Waals surface area contributed by atoms with Gasteiger partial charge in [-0.2, -0.15) is 0 Å². The molecular weight excluding hydrogens is 290 g/mol. The third kappa shape index (κ3) is 2.28. The number of amides is 1. The molecule has 0 fully saturated rings. The molecule has 0 aliphatic heterocycles. The Labute approximate surface area is 124 Å². The summed E-state index contributed by atoms with van der Waals surface area (Å²) in [5, 5.41) is 0.556. The second-order valence-electron chi connectivity index (χ2n) is 4.43. The molecule has 104 valence electrons. The van der Waals surface area contributed by atoms with Gasteiger partial charge < -0.3 is 5.73 Å². The normalized spacial score (nSPS) is 10.7. The molecule has 0 radical (unpaired) electrons. The first kappa shape index (κ1) is 13.3. The van der Waals surface area contributed by atoms with Crippen molar-refractivity contribution in [1.82, 2.24) is 9.55 Å². The number of carbonyl (C=O) groups is 1. The number of nitrogens with two attached hydrogens (primary N) is 1. The number of hydrogen-bond acceptors (Lipinski definition) is 3. The molecule has 0 aliphatic rings. The molecule has 0 saturated carbocycles. The summed E-state index contributed by atoms with van der Waals surface area (Å²) in [5.41, 5.74) is 6.10. The van der Waals surface area contributed by atoms with Gasteiger partial charge in [-0.15, -0.1) is 0 Å². The summed E-state index contributed by atoms with van der Waals surface area (Å²) in [6, 6.07) is 13.8. The lowest BCUT2D eigenvalue weighted by Crippen LogP contribution is -2.30. The summed E-state index contributed by atoms with van der Waals surface area (Å²) >= 11 is 5.87. The summed E-state index contributed by atoms with van der Waals surface area (Å²) in [6.07, 6.45) is 0. The van der Waals surface area contributed by atoms with Crippen LogP contribution >= 0.6 is 11.6 Å². The number of carbonyl (C=O) groups excluding carboxylic acids is 1. The Morgan fingerprint density at radius 3 is 2.43 bits per heavy atom. The van der Waals surface area contributed by atoms with Gasteiger partial charge in [0.15, 0.2) is 5.69 Å². The molecule has 2 N–H and O–H groups in total. The first-order valence-electron chi connectivity index (χ1n) is 6.15. The van der Waals surface area contributed by atoms with E-state index in [0.29, 0.717) is 21.7 Å². The summed E-state index contributed by atoms with van der Waals surface area (Å²) < 4.78 is 1.40. The number of para-hydroxylation sites is 2. The lowest BCUT2D eigenvalue weighted by Gasteiger charge is -2.11. The van der Waals surface area contributed by atoms with E-state index < -0.39 is 11.5 Å². The van der Waals surface area contributed by atoms with Gasteiger partial charge in [-0.1, -0.05) is 23.7 Å². The summed E-state index contributed by atoms with van der Waals surface area (Å²) in [7, 11) is 0. The quantitative estimate of drug-likeness (QED) is 0.787. The Balaban J connectivity index is 2.44. The van der Waals surface area contributed by atoms with Crippen LogP contribution in [0.15, 0.2) is 53.3 Å². The van der Waals surface area contributed by atoms with Crippen molar-refractivity contribution in [2.24, 2.45) is 5.73 Å². The van der Waals surface area contributed by atoms with Crippen molar-refractivity contribution < 1.29 is 4.79 Å². The van der Waals surface area contributed by atoms with E-state index in [2.05, 4.69) is 4.98 Å². The van der Waals surface area contributed by atoms with E-state index in [4.69, 9.17) is 17.3 Å². The van der Waals surface area contributed by atoms with E-state index in [1.807, 2.05) is 0 Å². The van der Waals surface area contributed by atoms with Crippen molar-refractivity contribution in [3.05, 3.63) is 69.6 Å². The molecule has 6 heteroatoms. The van der Waals surface area contributed by atoms with Gasteiger partial charge >= 0.3 is 0 Å². The van der Waals surface area contributed by atoms with Crippen LogP contribution in [0.3, 0.4) is 0 Å². The van der Waals surface area contributed by atoms with Crippen molar-refractivity contribution in [1.29, 1.82) is 0 Å². The highest BCUT2D eigenvalue weighted by Gasteiger charge is 2.15. The topological polar surface area (TPSA) is 78.0 Å². The second-order valence-corrected chi connectivity index (χ2v) is 4.87. The van der Waals surface area contributed by atoms with Crippen LogP contribution in [0.25, 0.3) is 16.7 Å². The van der Waals surface area contributed by atoms with Crippen molar-refractivity contribution in [2.45, 2.75) is 0 Å². The summed E-state index contributed by atoms with van der Waals surface area (Å²) in [4.78, 5) is 27.9. The zero-order valence-corrected chi connectivity index (χ0v) is 11.5. The fraction of sp³-hybridized carbons (Fsp3) is 0. The number of nitrogens with zero attached hydrogens (tertiary/aromatic N) is 2. The lowest BCUT2D eigenvalue weighted by molar-refractivity contribution is 0.0994. The Morgan fingerprint density at radius 1 is 1.10 bits per heavy atom. The van der Waals surface area contributed by atoms with E-state index in [-0.39, 0.29) is 5.69 Å². The molecule has 21 heavy (non-hydrogen) atoms. The van der Waals surface area contributed by atoms with Crippen molar-refractivity contribution in [3.63, 3.8) is 0 Å². The first-order chi connectivity index (χ1) is 10.1. The molecule has 1 amide bonds. The third-order valence-electron chi connectivity index (χ3n) is 3.08. The molecule has 1 aromatic heterocycles. The minimum atomic E-state index is -0.853. The Hall–Kier alpha value is -2.66. The predicted molar refractivity (Wildman–Crippen MR) is 80.9 cm³/mol. The van der Waals surface area contributed by atoms with Crippen LogP contribution in [-0.4, -0.2) is 15.5 Å². The van der Waals surface area contributed by atoms with Gasteiger partial charge in [-0.3, -0.25) is 14.2 Å². The minimum Gasteiger partial charge on any atom is -0.364 e. The maximum absolute atomic E-state index is 12.5. The molecule has 3 rings (SSSR count). The van der Waals surface area contributed by atoms with Crippen molar-refractivity contribution >= 4 is 28.5 Å². The average molecular weight is 300 g/mol. The fourth-order valence-corrected chi connectivity index (χ4v) is 2.26. The lowest BCUT2D eigenvalue weighted by atomic mass is 10.2. The fourth-order valence-electron chi connectivity index (χ4n) is 2.14. The number of hydrogen-bond donors (Lipinski definition) is 1. The van der Waals surface area contributed by atoms with Crippen molar-refractivity contribution in [3.8, 4) is 5.69 Å². The third-order valence-corrected chi connectivity index (χ3v) is 3.33. The van der Waals surface area contributed by atoms with Crippen LogP contribution in [0.1, 0.15) is 10.5 Å². The number of fused-ring (bicyclic) bond motifs is 1. The van der Waals surface area contributed by atoms with Crippen LogP contribution < -0.4 is 11.3 Å². The van der Waals surface area contributed by atoms with E-state index in [0.717, 1.165) is 0 Å². The molecule has 0 atom stereocenters. The molecule has 2 aromatic carbocycles. The van der Waals surface area contributed by atoms with E-state index in [1.165, 1.54) is 4.57 Å². The number of benzene rings is 2. The monoisotopic (exact) mass is 299 g/mol. The van der Waals surface area contributed by atoms with Gasteiger partial charge in [0.25, 0.3) is 11.5 Å². The minimum absolute atomic E-state index is 0.288. The standard InChI is InChI=1S/C15H10ClN3O2/c16-9-5-7-10(8-6-9)19-12-4-2-1-3-11(12)18-13(14(17)20)15(19)21/h1-8H,(H2,17,20). The van der Waals surface area contributed by atoms with Gasteiger partial charge in [-0.05, 0) is 36.4 Å². The number of halogens is 1. The van der Waals surface area contributed by atoms with Gasteiger partial charge in [0, 0.05) is 10.7 Å². The van der Waals surface area contributed by atoms with Crippen LogP contribution in [0.5, 0.6) is 0 Å². The zero-order chi connectivity index (χ0) is 15.0. The highest BCUT2D eigenvalue weighted by Crippen LogP contribution is 2.17. The van der Waals surface area contributed by atoms with Gasteiger partial charge in [0.2, 0.25) is 0 Å². The SMILES string of the molecule is NC(=O)c1nc2ccccc2n(-c2ccc(Cl)cc2)c1=O. The largest absolute Gasteiger partial charge is 0.364 e. The molecule has 1 heterocycles. The highest BCUT2D eigenvalue weighted by molar-refractivity contribution is 6.30. The summed E-state index contributed by atoms with van der Waals surface area (Å²) in [6.45, 7) is 0. The van der Waals surface area contributed by atoms with Crippen LogP contribution in [0, 0.1) is 0 Å². The maximum Gasteiger partial charge on any atom is 0.287 e.